The first-order valence-electron chi connectivity index (χ1n) is 5.57. The summed E-state index contributed by atoms with van der Waals surface area (Å²) in [6.45, 7) is 0.359. The van der Waals surface area contributed by atoms with Gasteiger partial charge in [-0.2, -0.15) is 0 Å². The predicted octanol–water partition coefficient (Wildman–Crippen LogP) is 1.70. The third-order valence-corrected chi connectivity index (χ3v) is 2.63. The van der Waals surface area contributed by atoms with Gasteiger partial charge in [0.15, 0.2) is 5.69 Å². The van der Waals surface area contributed by atoms with Crippen molar-refractivity contribution in [3.63, 3.8) is 0 Å². The van der Waals surface area contributed by atoms with Crippen LogP contribution in [0.5, 0.6) is 11.6 Å². The smallest absolute Gasteiger partial charge is 0.243 e. The lowest BCUT2D eigenvalue weighted by atomic mass is 10.2. The zero-order chi connectivity index (χ0) is 13.7. The number of aromatic nitrogens is 2. The second-order valence-electron chi connectivity index (χ2n) is 3.71. The van der Waals surface area contributed by atoms with Crippen molar-refractivity contribution in [3.05, 3.63) is 47.9 Å². The molecule has 1 aromatic carbocycles. The van der Waals surface area contributed by atoms with E-state index in [1.807, 2.05) is 24.3 Å². The molecule has 6 heteroatoms. The molecular weight excluding hydrogens is 262 g/mol. The molecule has 1 heterocycles. The number of nitrogens with zero attached hydrogens (tertiary/aromatic N) is 2. The van der Waals surface area contributed by atoms with Crippen molar-refractivity contribution in [2.45, 2.75) is 6.61 Å². The molecule has 2 N–H and O–H groups in total. The van der Waals surface area contributed by atoms with Gasteiger partial charge in [-0.05, 0) is 17.7 Å². The van der Waals surface area contributed by atoms with Gasteiger partial charge in [-0.15, -0.1) is 0 Å². The molecule has 0 unspecified atom stereocenters. The highest BCUT2D eigenvalue weighted by Crippen LogP contribution is 2.15. The summed E-state index contributed by atoms with van der Waals surface area (Å²) in [4.78, 5) is 8.28. The number of hydrogen-bond donors (Lipinski definition) is 1. The zero-order valence-corrected chi connectivity index (χ0v) is 11.2. The van der Waals surface area contributed by atoms with Crippen LogP contribution in [0.15, 0.2) is 36.7 Å². The number of methoxy groups -OCH3 is 1. The van der Waals surface area contributed by atoms with Gasteiger partial charge in [-0.25, -0.2) is 9.97 Å². The van der Waals surface area contributed by atoms with E-state index in [-0.39, 0.29) is 4.99 Å². The molecule has 0 spiro atoms. The average molecular weight is 275 g/mol. The summed E-state index contributed by atoms with van der Waals surface area (Å²) in [5, 5.41) is 0. The van der Waals surface area contributed by atoms with E-state index in [2.05, 4.69) is 9.97 Å². The number of ether oxygens (including phenoxy) is 2. The van der Waals surface area contributed by atoms with E-state index in [1.165, 1.54) is 12.4 Å². The third kappa shape index (κ3) is 3.38. The topological polar surface area (TPSA) is 70.3 Å². The van der Waals surface area contributed by atoms with E-state index >= 15 is 0 Å². The second-order valence-corrected chi connectivity index (χ2v) is 4.15. The lowest BCUT2D eigenvalue weighted by Gasteiger charge is -2.08. The monoisotopic (exact) mass is 275 g/mol. The van der Waals surface area contributed by atoms with Gasteiger partial charge in [0, 0.05) is 12.4 Å². The summed E-state index contributed by atoms with van der Waals surface area (Å²) in [5.41, 5.74) is 6.93. The molecule has 1 aromatic heterocycles. The maximum absolute atomic E-state index is 5.58. The van der Waals surface area contributed by atoms with E-state index in [4.69, 9.17) is 27.4 Å². The Balaban J connectivity index is 2.07. The van der Waals surface area contributed by atoms with Crippen LogP contribution in [0.4, 0.5) is 0 Å². The lowest BCUT2D eigenvalue weighted by molar-refractivity contribution is 0.291. The average Bonchev–Trinajstić information content (AvgIpc) is 2.46. The summed E-state index contributed by atoms with van der Waals surface area (Å²) in [5.74, 6) is 1.14. The first-order valence-corrected chi connectivity index (χ1v) is 5.98. The Labute approximate surface area is 116 Å². The molecule has 98 valence electrons. The number of thiocarbonyl (C=S) groups is 1. The number of rotatable bonds is 5. The van der Waals surface area contributed by atoms with Gasteiger partial charge in [0.2, 0.25) is 5.88 Å². The van der Waals surface area contributed by atoms with Crippen molar-refractivity contribution in [2.24, 2.45) is 5.73 Å². The molecule has 0 bridgehead atoms. The van der Waals surface area contributed by atoms with Crippen molar-refractivity contribution < 1.29 is 9.47 Å². The van der Waals surface area contributed by atoms with Crippen LogP contribution in [0.3, 0.4) is 0 Å². The summed E-state index contributed by atoms with van der Waals surface area (Å²) in [6, 6.07) is 7.55. The van der Waals surface area contributed by atoms with Crippen molar-refractivity contribution in [1.82, 2.24) is 9.97 Å². The molecule has 19 heavy (non-hydrogen) atoms. The fourth-order valence-electron chi connectivity index (χ4n) is 1.47. The molecule has 2 rings (SSSR count). The second kappa shape index (κ2) is 6.10. The molecular formula is C13H13N3O2S. The molecule has 0 amide bonds. The molecule has 0 saturated carbocycles. The van der Waals surface area contributed by atoms with Crippen molar-refractivity contribution in [1.29, 1.82) is 0 Å². The van der Waals surface area contributed by atoms with Gasteiger partial charge >= 0.3 is 0 Å². The quantitative estimate of drug-likeness (QED) is 0.837. The summed E-state index contributed by atoms with van der Waals surface area (Å²) in [7, 11) is 1.62. The normalized spacial score (nSPS) is 9.95. The van der Waals surface area contributed by atoms with Gasteiger partial charge in [-0.1, -0.05) is 24.4 Å². The molecule has 0 saturated heterocycles. The van der Waals surface area contributed by atoms with Crippen LogP contribution in [-0.2, 0) is 6.61 Å². The molecule has 0 fully saturated rings. The van der Waals surface area contributed by atoms with Gasteiger partial charge in [0.05, 0.1) is 7.11 Å². The minimum Gasteiger partial charge on any atom is -0.497 e. The van der Waals surface area contributed by atoms with E-state index in [0.29, 0.717) is 18.2 Å². The molecule has 0 aliphatic heterocycles. The fraction of sp³-hybridized carbons (Fsp3) is 0.154. The number of nitrogens with two attached hydrogens (primary N) is 1. The van der Waals surface area contributed by atoms with Crippen LogP contribution in [-0.4, -0.2) is 22.1 Å². The summed E-state index contributed by atoms with van der Waals surface area (Å²) >= 11 is 4.89. The van der Waals surface area contributed by atoms with Gasteiger partial charge in [0.25, 0.3) is 0 Å². The largest absolute Gasteiger partial charge is 0.497 e. The van der Waals surface area contributed by atoms with Crippen molar-refractivity contribution >= 4 is 17.2 Å². The van der Waals surface area contributed by atoms with E-state index in [0.717, 1.165) is 11.3 Å². The summed E-state index contributed by atoms with van der Waals surface area (Å²) in [6.07, 6.45) is 3.06. The Morgan fingerprint density at radius 2 is 1.89 bits per heavy atom. The standard InChI is InChI=1S/C13H13N3O2S/c1-17-10-4-2-9(3-5-10)8-18-13-11(12(14)19)15-6-7-16-13/h2-7H,8H2,1H3,(H2,14,19). The van der Waals surface area contributed by atoms with Crippen LogP contribution in [0, 0.1) is 0 Å². The van der Waals surface area contributed by atoms with Crippen molar-refractivity contribution in [3.8, 4) is 11.6 Å². The molecule has 0 radical (unpaired) electrons. The van der Waals surface area contributed by atoms with Crippen LogP contribution in [0.2, 0.25) is 0 Å². The first kappa shape index (κ1) is 13.2. The highest BCUT2D eigenvalue weighted by molar-refractivity contribution is 7.80. The minimum atomic E-state index is 0.165. The molecule has 0 aliphatic carbocycles. The highest BCUT2D eigenvalue weighted by Gasteiger charge is 2.09. The van der Waals surface area contributed by atoms with Gasteiger partial charge in [-0.3, -0.25) is 0 Å². The number of hydrogen-bond acceptors (Lipinski definition) is 5. The summed E-state index contributed by atoms with van der Waals surface area (Å²) < 4.78 is 10.7. The Hall–Kier alpha value is -2.21. The minimum absolute atomic E-state index is 0.165. The molecule has 2 aromatic rings. The van der Waals surface area contributed by atoms with Crippen LogP contribution >= 0.6 is 12.2 Å². The Kier molecular flexibility index (Phi) is 4.25. The van der Waals surface area contributed by atoms with Gasteiger partial charge < -0.3 is 15.2 Å². The van der Waals surface area contributed by atoms with Crippen LogP contribution < -0.4 is 15.2 Å². The maximum atomic E-state index is 5.58. The molecule has 0 aliphatic rings. The predicted molar refractivity (Wildman–Crippen MR) is 75.2 cm³/mol. The SMILES string of the molecule is COc1ccc(COc2nccnc2C(N)=S)cc1. The Morgan fingerprint density at radius 1 is 1.21 bits per heavy atom. The number of benzene rings is 1. The zero-order valence-electron chi connectivity index (χ0n) is 10.4. The fourth-order valence-corrected chi connectivity index (χ4v) is 1.61. The highest BCUT2D eigenvalue weighted by atomic mass is 32.1. The van der Waals surface area contributed by atoms with Gasteiger partial charge in [0.1, 0.15) is 17.3 Å². The third-order valence-electron chi connectivity index (χ3n) is 2.43. The Bertz CT molecular complexity index is 572. The lowest BCUT2D eigenvalue weighted by Crippen LogP contribution is -2.14. The molecule has 0 atom stereocenters. The van der Waals surface area contributed by atoms with E-state index in [9.17, 15) is 0 Å². The maximum Gasteiger partial charge on any atom is 0.243 e. The first-order chi connectivity index (χ1) is 9.20. The van der Waals surface area contributed by atoms with Crippen LogP contribution in [0.25, 0.3) is 0 Å². The van der Waals surface area contributed by atoms with Crippen LogP contribution in [0.1, 0.15) is 11.3 Å². The Morgan fingerprint density at radius 3 is 2.53 bits per heavy atom. The van der Waals surface area contributed by atoms with E-state index in [1.54, 1.807) is 7.11 Å². The van der Waals surface area contributed by atoms with E-state index < -0.39 is 0 Å². The molecule has 5 nitrogen and oxygen atoms in total. The van der Waals surface area contributed by atoms with Crippen molar-refractivity contribution in [2.75, 3.05) is 7.11 Å².